The van der Waals surface area contributed by atoms with Crippen LogP contribution in [0.25, 0.3) is 0 Å². The first-order valence-electron chi connectivity index (χ1n) is 9.59. The normalized spacial score (nSPS) is 10.9. The maximum absolute atomic E-state index is 10.8. The van der Waals surface area contributed by atoms with Crippen molar-refractivity contribution in [3.63, 3.8) is 0 Å². The van der Waals surface area contributed by atoms with E-state index in [1.165, 1.54) is 0 Å². The van der Waals surface area contributed by atoms with Crippen LogP contribution in [0, 0.1) is 10.1 Å². The van der Waals surface area contributed by atoms with Crippen LogP contribution in [0.15, 0.2) is 81.4 Å². The van der Waals surface area contributed by atoms with Gasteiger partial charge in [-0.1, -0.05) is 25.1 Å². The summed E-state index contributed by atoms with van der Waals surface area (Å²) in [5, 5.41) is 15.8. The number of azo groups is 1. The number of nitrogens with zero attached hydrogens (tertiary/aromatic N) is 3. The molecule has 35 heavy (non-hydrogen) atoms. The molecule has 0 aliphatic rings. The highest BCUT2D eigenvalue weighted by molar-refractivity contribution is 6.69. The van der Waals surface area contributed by atoms with Crippen molar-refractivity contribution >= 4 is 79.4 Å². The van der Waals surface area contributed by atoms with Crippen LogP contribution in [0.3, 0.4) is 0 Å². The van der Waals surface area contributed by atoms with E-state index in [2.05, 4.69) is 14.6 Å². The molecule has 0 bridgehead atoms. The Bertz CT molecular complexity index is 1140. The van der Waals surface area contributed by atoms with E-state index in [4.69, 9.17) is 46.4 Å². The molecular formula is C22H17Cl4N3O6. The highest BCUT2D eigenvalue weighted by Crippen LogP contribution is 2.19. The molecule has 1 unspecified atom stereocenters. The van der Waals surface area contributed by atoms with E-state index in [1.54, 1.807) is 31.2 Å². The minimum atomic E-state index is -0.849. The van der Waals surface area contributed by atoms with Crippen LogP contribution >= 0.6 is 46.4 Å². The van der Waals surface area contributed by atoms with Gasteiger partial charge in [0.25, 0.3) is 10.5 Å². The quantitative estimate of drug-likeness (QED) is 0.0950. The monoisotopic (exact) mass is 559 g/mol. The van der Waals surface area contributed by atoms with Crippen LogP contribution in [0.4, 0.5) is 17.3 Å². The fourth-order valence-electron chi connectivity index (χ4n) is 1.96. The van der Waals surface area contributed by atoms with Crippen LogP contribution in [-0.2, 0) is 4.79 Å². The number of alkyl halides is 1. The average Bonchev–Trinajstić information content (AvgIpc) is 3.35. The van der Waals surface area contributed by atoms with Crippen LogP contribution in [0.5, 0.6) is 0 Å². The van der Waals surface area contributed by atoms with Crippen molar-refractivity contribution in [2.24, 2.45) is 10.2 Å². The van der Waals surface area contributed by atoms with E-state index < -0.39 is 31.9 Å². The molecule has 1 aromatic heterocycles. The summed E-state index contributed by atoms with van der Waals surface area (Å²) in [5.74, 6) is -0.715. The van der Waals surface area contributed by atoms with Gasteiger partial charge in [0, 0.05) is 5.56 Å². The first-order valence-corrected chi connectivity index (χ1v) is 11.2. The Labute approximate surface area is 219 Å². The fourth-order valence-corrected chi connectivity index (χ4v) is 2.34. The molecule has 1 heterocycles. The molecule has 3 aromatic rings. The smallest absolute Gasteiger partial charge is 0.396 e. The van der Waals surface area contributed by atoms with Crippen molar-refractivity contribution in [3.8, 4) is 0 Å². The lowest BCUT2D eigenvalue weighted by molar-refractivity contribution is -0.402. The molecule has 0 radical (unpaired) electrons. The number of hydrogen-bond acceptors (Lipinski definition) is 8. The summed E-state index contributed by atoms with van der Waals surface area (Å²) in [7, 11) is 0. The summed E-state index contributed by atoms with van der Waals surface area (Å²) >= 11 is 20.6. The molecule has 1 atom stereocenters. The van der Waals surface area contributed by atoms with Crippen LogP contribution in [-0.4, -0.2) is 26.0 Å². The van der Waals surface area contributed by atoms with E-state index in [9.17, 15) is 24.5 Å². The number of nitro groups is 1. The third kappa shape index (κ3) is 11.7. The van der Waals surface area contributed by atoms with Gasteiger partial charge in [-0.15, -0.1) is 11.6 Å². The lowest BCUT2D eigenvalue weighted by atomic mass is 10.2. The van der Waals surface area contributed by atoms with Gasteiger partial charge in [0.2, 0.25) is 5.24 Å². The largest absolute Gasteiger partial charge is 0.433 e. The first kappa shape index (κ1) is 29.9. The summed E-state index contributed by atoms with van der Waals surface area (Å²) in [6.07, 6.45) is 0.601. The SMILES string of the molecule is CCC(Cl)C(=O)Cl.O=C(Cl)c1ccc(N=Nc2ccccc2)cc1.O=C(Cl)c1ccc([N+](=O)[O-])o1. The van der Waals surface area contributed by atoms with Crippen molar-refractivity contribution < 1.29 is 23.7 Å². The van der Waals surface area contributed by atoms with Crippen molar-refractivity contribution in [3.05, 3.63) is 88.2 Å². The molecule has 0 aliphatic carbocycles. The number of rotatable bonds is 7. The Hall–Kier alpha value is -3.11. The van der Waals surface area contributed by atoms with Crippen molar-refractivity contribution in [1.29, 1.82) is 0 Å². The van der Waals surface area contributed by atoms with Gasteiger partial charge in [0.15, 0.2) is 5.76 Å². The molecule has 0 spiro atoms. The molecule has 9 nitrogen and oxygen atoms in total. The standard InChI is InChI=1S/C13H9ClN2O.C5H2ClNO4.C4H6Cl2O/c14-13(17)10-6-8-12(9-7-10)16-15-11-4-2-1-3-5-11;6-5(8)3-1-2-4(11-3)7(9)10;1-2-3(5)4(6)7/h1-9H;1-2H;3H,2H2,1H3. The third-order valence-electron chi connectivity index (χ3n) is 3.70. The number of carbonyl (C=O) groups excluding carboxylic acids is 3. The zero-order valence-electron chi connectivity index (χ0n) is 17.9. The minimum absolute atomic E-state index is 0.224. The van der Waals surface area contributed by atoms with Crippen molar-refractivity contribution in [2.45, 2.75) is 18.7 Å². The van der Waals surface area contributed by atoms with Gasteiger partial charge in [0.05, 0.1) is 17.4 Å². The Morgan fingerprint density at radius 1 is 0.886 bits per heavy atom. The Balaban J connectivity index is 0.000000293. The summed E-state index contributed by atoms with van der Waals surface area (Å²) in [6, 6.07) is 18.3. The molecule has 0 aliphatic heterocycles. The molecule has 0 amide bonds. The van der Waals surface area contributed by atoms with E-state index >= 15 is 0 Å². The molecule has 0 fully saturated rings. The average molecular weight is 561 g/mol. The Morgan fingerprint density at radius 3 is 1.77 bits per heavy atom. The van der Waals surface area contributed by atoms with Gasteiger partial charge in [-0.3, -0.25) is 24.5 Å². The number of halogens is 4. The van der Waals surface area contributed by atoms with E-state index in [-0.39, 0.29) is 5.76 Å². The van der Waals surface area contributed by atoms with Crippen LogP contribution in [0.2, 0.25) is 0 Å². The lowest BCUT2D eigenvalue weighted by Crippen LogP contribution is -2.04. The third-order valence-corrected chi connectivity index (χ3v) is 4.99. The molecule has 0 saturated carbocycles. The van der Waals surface area contributed by atoms with Gasteiger partial charge >= 0.3 is 5.88 Å². The number of benzene rings is 2. The molecule has 3 rings (SSSR count). The highest BCUT2D eigenvalue weighted by Gasteiger charge is 2.14. The van der Waals surface area contributed by atoms with Gasteiger partial charge in [-0.05, 0) is 83.7 Å². The predicted octanol–water partition coefficient (Wildman–Crippen LogP) is 7.82. The van der Waals surface area contributed by atoms with Gasteiger partial charge < -0.3 is 4.42 Å². The first-order chi connectivity index (χ1) is 16.5. The van der Waals surface area contributed by atoms with Gasteiger partial charge in [-0.25, -0.2) is 0 Å². The molecule has 0 saturated heterocycles. The Kier molecular flexibility index (Phi) is 13.4. The fraction of sp³-hybridized carbons (Fsp3) is 0.136. The van der Waals surface area contributed by atoms with Crippen molar-refractivity contribution in [2.75, 3.05) is 0 Å². The maximum atomic E-state index is 10.8. The van der Waals surface area contributed by atoms with Crippen LogP contribution in [0.1, 0.15) is 34.3 Å². The van der Waals surface area contributed by atoms with Crippen LogP contribution < -0.4 is 0 Å². The maximum Gasteiger partial charge on any atom is 0.433 e. The Morgan fingerprint density at radius 2 is 1.43 bits per heavy atom. The second kappa shape index (κ2) is 15.7. The zero-order valence-corrected chi connectivity index (χ0v) is 21.0. The number of furan rings is 1. The zero-order chi connectivity index (χ0) is 26.4. The predicted molar refractivity (Wildman–Crippen MR) is 134 cm³/mol. The van der Waals surface area contributed by atoms with Crippen molar-refractivity contribution in [1.82, 2.24) is 0 Å². The number of carbonyl (C=O) groups is 3. The summed E-state index contributed by atoms with van der Waals surface area (Å²) in [5.41, 5.74) is 1.91. The molecule has 13 heteroatoms. The minimum Gasteiger partial charge on any atom is -0.396 e. The highest BCUT2D eigenvalue weighted by atomic mass is 35.5. The molecule has 0 N–H and O–H groups in total. The molecule has 184 valence electrons. The summed E-state index contributed by atoms with van der Waals surface area (Å²) < 4.78 is 4.43. The van der Waals surface area contributed by atoms with Gasteiger partial charge in [0.1, 0.15) is 10.3 Å². The second-order valence-corrected chi connectivity index (χ2v) is 7.79. The molecular weight excluding hydrogens is 544 g/mol. The van der Waals surface area contributed by atoms with E-state index in [0.717, 1.165) is 17.8 Å². The second-order valence-electron chi connectivity index (χ2n) is 6.20. The lowest BCUT2D eigenvalue weighted by Gasteiger charge is -1.95. The summed E-state index contributed by atoms with van der Waals surface area (Å²) in [4.78, 5) is 40.4. The van der Waals surface area contributed by atoms with E-state index in [1.807, 2.05) is 30.3 Å². The van der Waals surface area contributed by atoms with E-state index in [0.29, 0.717) is 17.7 Å². The molecule has 2 aromatic carbocycles. The topological polar surface area (TPSA) is 132 Å². The summed E-state index contributed by atoms with van der Waals surface area (Å²) in [6.45, 7) is 1.80. The number of hydrogen-bond donors (Lipinski definition) is 0. The van der Waals surface area contributed by atoms with Gasteiger partial charge in [-0.2, -0.15) is 10.2 Å².